The number of carbonyl (C=O) groups excluding carboxylic acids is 1. The van der Waals surface area contributed by atoms with Crippen molar-refractivity contribution in [2.75, 3.05) is 40.1 Å². The molecule has 0 saturated carbocycles. The van der Waals surface area contributed by atoms with E-state index in [1.165, 1.54) is 7.11 Å². The number of carbonyl (C=O) groups is 1. The Morgan fingerprint density at radius 3 is 2.35 bits per heavy atom. The summed E-state index contributed by atoms with van der Waals surface area (Å²) in [5.74, 6) is -0.311. The Balaban J connectivity index is 3.88. The first-order valence-electron chi connectivity index (χ1n) is 6.09. The molecular formula is C12H25NO4. The Morgan fingerprint density at radius 1 is 1.18 bits per heavy atom. The molecule has 1 atom stereocenters. The fraction of sp³-hybridized carbons (Fsp3) is 0.917. The summed E-state index contributed by atoms with van der Waals surface area (Å²) in [4.78, 5) is 11.6. The van der Waals surface area contributed by atoms with Crippen molar-refractivity contribution in [1.29, 1.82) is 0 Å². The quantitative estimate of drug-likeness (QED) is 0.460. The molecule has 1 unspecified atom stereocenters. The molecule has 0 aromatic heterocycles. The van der Waals surface area contributed by atoms with Crippen LogP contribution in [0.25, 0.3) is 0 Å². The third-order valence-corrected chi connectivity index (χ3v) is 2.31. The molecule has 0 saturated heterocycles. The Kier molecular flexibility index (Phi) is 9.03. The van der Waals surface area contributed by atoms with Gasteiger partial charge in [-0.15, -0.1) is 0 Å². The van der Waals surface area contributed by atoms with Crippen molar-refractivity contribution in [1.82, 2.24) is 5.32 Å². The van der Waals surface area contributed by atoms with Crippen LogP contribution in [0.1, 0.15) is 27.2 Å². The van der Waals surface area contributed by atoms with Gasteiger partial charge in [-0.25, -0.2) is 4.79 Å². The van der Waals surface area contributed by atoms with E-state index >= 15 is 0 Å². The van der Waals surface area contributed by atoms with Gasteiger partial charge in [0, 0.05) is 6.61 Å². The molecule has 0 aliphatic heterocycles. The maximum atomic E-state index is 11.6. The Morgan fingerprint density at radius 2 is 1.82 bits per heavy atom. The minimum atomic E-state index is -0.783. The van der Waals surface area contributed by atoms with Crippen LogP contribution in [0.15, 0.2) is 0 Å². The van der Waals surface area contributed by atoms with Gasteiger partial charge in [0.25, 0.3) is 0 Å². The summed E-state index contributed by atoms with van der Waals surface area (Å²) in [5, 5.41) is 3.07. The zero-order chi connectivity index (χ0) is 13.1. The zero-order valence-electron chi connectivity index (χ0n) is 11.4. The summed E-state index contributed by atoms with van der Waals surface area (Å²) >= 11 is 0. The zero-order valence-corrected chi connectivity index (χ0v) is 11.4. The van der Waals surface area contributed by atoms with Crippen LogP contribution < -0.4 is 5.32 Å². The number of ether oxygens (including phenoxy) is 3. The smallest absolute Gasteiger partial charge is 0.328 e. The van der Waals surface area contributed by atoms with Gasteiger partial charge in [0.05, 0.1) is 26.9 Å². The molecule has 102 valence electrons. The van der Waals surface area contributed by atoms with Crippen LogP contribution in [0.3, 0.4) is 0 Å². The Labute approximate surface area is 104 Å². The second kappa shape index (κ2) is 9.39. The third kappa shape index (κ3) is 6.61. The average molecular weight is 247 g/mol. The average Bonchev–Trinajstić information content (AvgIpc) is 2.33. The van der Waals surface area contributed by atoms with Crippen LogP contribution in [-0.4, -0.2) is 51.6 Å². The van der Waals surface area contributed by atoms with Crippen molar-refractivity contribution in [2.45, 2.75) is 32.7 Å². The number of methoxy groups -OCH3 is 1. The fourth-order valence-electron chi connectivity index (χ4n) is 1.44. The van der Waals surface area contributed by atoms with E-state index < -0.39 is 5.54 Å². The van der Waals surface area contributed by atoms with E-state index in [-0.39, 0.29) is 12.6 Å². The van der Waals surface area contributed by atoms with Crippen LogP contribution in [0, 0.1) is 0 Å². The van der Waals surface area contributed by atoms with Gasteiger partial charge in [-0.2, -0.15) is 0 Å². The molecule has 5 heteroatoms. The number of likely N-dealkylation sites (N-methyl/N-ethyl adjacent to an activating group) is 1. The summed E-state index contributed by atoms with van der Waals surface area (Å²) in [6.45, 7) is 8.51. The molecule has 0 rings (SSSR count). The SMILES string of the molecule is CCCOCCOCC(C)(NCC)C(=O)OC. The minimum absolute atomic E-state index is 0.281. The lowest BCUT2D eigenvalue weighted by molar-refractivity contribution is -0.150. The lowest BCUT2D eigenvalue weighted by Crippen LogP contribution is -2.53. The van der Waals surface area contributed by atoms with Gasteiger partial charge in [-0.3, -0.25) is 0 Å². The van der Waals surface area contributed by atoms with Crippen molar-refractivity contribution in [3.8, 4) is 0 Å². The first-order chi connectivity index (χ1) is 8.10. The van der Waals surface area contributed by atoms with Gasteiger partial charge in [0.15, 0.2) is 0 Å². The van der Waals surface area contributed by atoms with E-state index in [0.717, 1.165) is 13.0 Å². The molecule has 0 heterocycles. The highest BCUT2D eigenvalue weighted by molar-refractivity contribution is 5.80. The van der Waals surface area contributed by atoms with E-state index in [2.05, 4.69) is 12.2 Å². The van der Waals surface area contributed by atoms with E-state index in [4.69, 9.17) is 14.2 Å². The van der Waals surface area contributed by atoms with Crippen LogP contribution >= 0.6 is 0 Å². The van der Waals surface area contributed by atoms with E-state index in [1.807, 2.05) is 6.92 Å². The largest absolute Gasteiger partial charge is 0.468 e. The molecule has 0 aromatic rings. The second-order valence-electron chi connectivity index (χ2n) is 4.02. The molecule has 1 N–H and O–H groups in total. The fourth-order valence-corrected chi connectivity index (χ4v) is 1.44. The van der Waals surface area contributed by atoms with Crippen molar-refractivity contribution >= 4 is 5.97 Å². The van der Waals surface area contributed by atoms with Gasteiger partial charge in [-0.05, 0) is 19.9 Å². The topological polar surface area (TPSA) is 56.8 Å². The van der Waals surface area contributed by atoms with Crippen molar-refractivity contribution in [3.63, 3.8) is 0 Å². The highest BCUT2D eigenvalue weighted by atomic mass is 16.5. The predicted octanol–water partition coefficient (Wildman–Crippen LogP) is 0.971. The predicted molar refractivity (Wildman–Crippen MR) is 66.0 cm³/mol. The molecule has 0 aliphatic rings. The molecule has 5 nitrogen and oxygen atoms in total. The number of esters is 1. The highest BCUT2D eigenvalue weighted by Crippen LogP contribution is 2.07. The highest BCUT2D eigenvalue weighted by Gasteiger charge is 2.33. The summed E-state index contributed by atoms with van der Waals surface area (Å²) in [6.07, 6.45) is 0.997. The second-order valence-corrected chi connectivity index (χ2v) is 4.02. The first-order valence-corrected chi connectivity index (χ1v) is 6.09. The normalized spacial score (nSPS) is 14.4. The van der Waals surface area contributed by atoms with Crippen LogP contribution in [0.2, 0.25) is 0 Å². The van der Waals surface area contributed by atoms with Crippen LogP contribution in [-0.2, 0) is 19.0 Å². The van der Waals surface area contributed by atoms with Crippen molar-refractivity contribution < 1.29 is 19.0 Å². The Bertz CT molecular complexity index is 211. The Hall–Kier alpha value is -0.650. The minimum Gasteiger partial charge on any atom is -0.468 e. The summed E-state index contributed by atoms with van der Waals surface area (Å²) < 4.78 is 15.5. The molecular weight excluding hydrogens is 222 g/mol. The maximum Gasteiger partial charge on any atom is 0.328 e. The summed E-state index contributed by atoms with van der Waals surface area (Å²) in [6, 6.07) is 0. The van der Waals surface area contributed by atoms with Crippen LogP contribution in [0.5, 0.6) is 0 Å². The molecule has 0 bridgehead atoms. The van der Waals surface area contributed by atoms with E-state index in [0.29, 0.717) is 19.8 Å². The van der Waals surface area contributed by atoms with Crippen molar-refractivity contribution in [3.05, 3.63) is 0 Å². The molecule has 0 fully saturated rings. The molecule has 0 spiro atoms. The van der Waals surface area contributed by atoms with Gasteiger partial charge in [0.2, 0.25) is 0 Å². The van der Waals surface area contributed by atoms with E-state index in [1.54, 1.807) is 6.92 Å². The van der Waals surface area contributed by atoms with Crippen LogP contribution in [0.4, 0.5) is 0 Å². The molecule has 0 amide bonds. The monoisotopic (exact) mass is 247 g/mol. The van der Waals surface area contributed by atoms with Gasteiger partial charge < -0.3 is 19.5 Å². The van der Waals surface area contributed by atoms with E-state index in [9.17, 15) is 4.79 Å². The number of nitrogens with one attached hydrogen (secondary N) is 1. The first kappa shape index (κ1) is 16.4. The third-order valence-electron chi connectivity index (χ3n) is 2.31. The lowest BCUT2D eigenvalue weighted by Gasteiger charge is -2.27. The number of rotatable bonds is 10. The summed E-state index contributed by atoms with van der Waals surface area (Å²) in [7, 11) is 1.38. The molecule has 0 radical (unpaired) electrons. The van der Waals surface area contributed by atoms with Crippen molar-refractivity contribution in [2.24, 2.45) is 0 Å². The molecule has 0 aromatic carbocycles. The van der Waals surface area contributed by atoms with Gasteiger partial charge >= 0.3 is 5.97 Å². The number of hydrogen-bond donors (Lipinski definition) is 1. The summed E-state index contributed by atoms with van der Waals surface area (Å²) in [5.41, 5.74) is -0.783. The lowest BCUT2D eigenvalue weighted by atomic mass is 10.0. The standard InChI is InChI=1S/C12H25NO4/c1-5-7-16-8-9-17-10-12(3,13-6-2)11(14)15-4/h13H,5-10H2,1-4H3. The molecule has 17 heavy (non-hydrogen) atoms. The van der Waals surface area contributed by atoms with Gasteiger partial charge in [-0.1, -0.05) is 13.8 Å². The van der Waals surface area contributed by atoms with Gasteiger partial charge in [0.1, 0.15) is 5.54 Å². The maximum absolute atomic E-state index is 11.6. The molecule has 0 aliphatic carbocycles. The number of hydrogen-bond acceptors (Lipinski definition) is 5.